The van der Waals surface area contributed by atoms with Gasteiger partial charge in [0.15, 0.2) is 18.3 Å². The zero-order valence-electron chi connectivity index (χ0n) is 29.2. The second-order valence-corrected chi connectivity index (χ2v) is 13.6. The number of carbonyl (C=O) groups excluding carboxylic acids is 4. The number of carbonyl (C=O) groups is 4. The summed E-state index contributed by atoms with van der Waals surface area (Å²) in [6.45, 7) is 6.77. The van der Waals surface area contributed by atoms with Crippen LogP contribution in [0.15, 0.2) is 66.7 Å². The molecule has 3 amide bonds. The van der Waals surface area contributed by atoms with Crippen molar-refractivity contribution in [2.24, 2.45) is 0 Å². The van der Waals surface area contributed by atoms with Crippen molar-refractivity contribution in [3.8, 4) is 5.75 Å². The third kappa shape index (κ3) is 13.8. The van der Waals surface area contributed by atoms with Gasteiger partial charge in [-0.2, -0.15) is 10.6 Å². The molecular weight excluding hydrogens is 675 g/mol. The maximum Gasteiger partial charge on any atom is 0.441 e. The number of ether oxygens (including phenoxy) is 2. The van der Waals surface area contributed by atoms with E-state index in [1.165, 1.54) is 16.2 Å². The van der Waals surface area contributed by atoms with Crippen molar-refractivity contribution in [3.05, 3.63) is 88.6 Å². The van der Waals surface area contributed by atoms with E-state index in [-0.39, 0.29) is 37.8 Å². The Kier molecular flexibility index (Phi) is 14.4. The summed E-state index contributed by atoms with van der Waals surface area (Å²) in [5.74, 6) is -0.242. The van der Waals surface area contributed by atoms with Crippen molar-refractivity contribution >= 4 is 46.2 Å². The van der Waals surface area contributed by atoms with Crippen LogP contribution in [0, 0.1) is 0 Å². The van der Waals surface area contributed by atoms with Crippen LogP contribution >= 0.6 is 11.3 Å². The maximum absolute atomic E-state index is 13.5. The van der Waals surface area contributed by atoms with E-state index < -0.39 is 17.7 Å². The number of amides is 3. The van der Waals surface area contributed by atoms with Crippen LogP contribution in [0.3, 0.4) is 0 Å². The van der Waals surface area contributed by atoms with Gasteiger partial charge in [0.2, 0.25) is 16.9 Å². The van der Waals surface area contributed by atoms with Crippen LogP contribution in [0.4, 0.5) is 15.7 Å². The van der Waals surface area contributed by atoms with Gasteiger partial charge >= 0.3 is 12.1 Å². The first-order chi connectivity index (χ1) is 24.5. The van der Waals surface area contributed by atoms with Crippen molar-refractivity contribution in [2.45, 2.75) is 84.7 Å². The monoisotopic (exact) mass is 717 g/mol. The fourth-order valence-corrected chi connectivity index (χ4v) is 5.49. The fraction of sp³-hybridized carbons (Fsp3) is 0.389. The molecule has 0 spiro atoms. The molecule has 15 heteroatoms. The van der Waals surface area contributed by atoms with E-state index in [0.29, 0.717) is 41.5 Å². The Labute approximate surface area is 300 Å². The summed E-state index contributed by atoms with van der Waals surface area (Å²) >= 11 is 1.26. The van der Waals surface area contributed by atoms with Gasteiger partial charge < -0.3 is 19.6 Å². The van der Waals surface area contributed by atoms with Crippen LogP contribution in [0.25, 0.3) is 0 Å². The predicted octanol–water partition coefficient (Wildman–Crippen LogP) is 5.77. The van der Waals surface area contributed by atoms with Crippen molar-refractivity contribution in [1.82, 2.24) is 25.9 Å². The number of esters is 1. The van der Waals surface area contributed by atoms with E-state index in [9.17, 15) is 19.2 Å². The topological polar surface area (TPSA) is 175 Å². The number of benzene rings is 2. The summed E-state index contributed by atoms with van der Waals surface area (Å²) in [6.07, 6.45) is 3.20. The average Bonchev–Trinajstić information content (AvgIpc) is 3.55. The molecule has 4 rings (SSSR count). The van der Waals surface area contributed by atoms with Gasteiger partial charge in [0.25, 0.3) is 0 Å². The molecule has 0 aliphatic rings. The van der Waals surface area contributed by atoms with Gasteiger partial charge in [-0.05, 0) is 81.8 Å². The summed E-state index contributed by atoms with van der Waals surface area (Å²) in [5.41, 5.74) is 3.85. The molecule has 0 unspecified atom stereocenters. The minimum Gasteiger partial charge on any atom is -0.444 e. The van der Waals surface area contributed by atoms with Crippen molar-refractivity contribution < 1.29 is 33.5 Å². The Morgan fingerprint density at radius 2 is 1.61 bits per heavy atom. The van der Waals surface area contributed by atoms with Crippen LogP contribution < -0.4 is 20.5 Å². The summed E-state index contributed by atoms with van der Waals surface area (Å²) in [7, 11) is 0. The van der Waals surface area contributed by atoms with E-state index in [2.05, 4.69) is 31.2 Å². The molecule has 270 valence electrons. The molecule has 51 heavy (non-hydrogen) atoms. The van der Waals surface area contributed by atoms with Gasteiger partial charge in [0, 0.05) is 12.8 Å². The molecule has 2 aromatic carbocycles. The van der Waals surface area contributed by atoms with Crippen LogP contribution in [0.1, 0.15) is 75.2 Å². The standard InChI is InChI=1S/C36H43N7O7S/c1-5-12-33(46)48-24-43(32(45)23-26-15-11-17-28(21-26)50-42-35(47)49-36(2,3)4)34-41-40-31(51-34)18-10-9-16-27-19-20-29(39-38-27)37-30(44)22-25-13-7-6-8-14-25/h6-8,11,13-15,17,19-21H,5,9-10,12,16,18,22-24H2,1-4H3,(H,42,47)(H,37,39,44). The second kappa shape index (κ2) is 19.1. The highest BCUT2D eigenvalue weighted by Crippen LogP contribution is 2.24. The SMILES string of the molecule is CCCC(=O)OCN(C(=O)Cc1cccc(ONC(=O)OC(C)(C)C)c1)c1nnc(CCCCc2ccc(NC(=O)Cc3ccccc3)nn2)s1. The molecule has 2 heterocycles. The molecule has 4 aromatic rings. The highest BCUT2D eigenvalue weighted by molar-refractivity contribution is 7.15. The van der Waals surface area contributed by atoms with E-state index in [0.717, 1.165) is 29.1 Å². The Hall–Kier alpha value is -5.44. The van der Waals surface area contributed by atoms with Gasteiger partial charge in [0.1, 0.15) is 10.6 Å². The number of nitrogens with one attached hydrogen (secondary N) is 2. The van der Waals surface area contributed by atoms with Gasteiger partial charge in [0.05, 0.1) is 18.5 Å². The van der Waals surface area contributed by atoms with E-state index in [4.69, 9.17) is 14.3 Å². The lowest BCUT2D eigenvalue weighted by Gasteiger charge is -2.20. The second-order valence-electron chi connectivity index (χ2n) is 12.6. The lowest BCUT2D eigenvalue weighted by molar-refractivity contribution is -0.144. The summed E-state index contributed by atoms with van der Waals surface area (Å²) in [5, 5.41) is 20.7. The van der Waals surface area contributed by atoms with Crippen molar-refractivity contribution in [1.29, 1.82) is 0 Å². The maximum atomic E-state index is 13.5. The first kappa shape index (κ1) is 38.4. The predicted molar refractivity (Wildman–Crippen MR) is 191 cm³/mol. The summed E-state index contributed by atoms with van der Waals surface area (Å²) in [6, 6.07) is 19.7. The molecule has 2 aromatic heterocycles. The van der Waals surface area contributed by atoms with Gasteiger partial charge in [-0.3, -0.25) is 19.3 Å². The van der Waals surface area contributed by atoms with Crippen molar-refractivity contribution in [3.63, 3.8) is 0 Å². The number of aryl methyl sites for hydroxylation is 2. The minimum atomic E-state index is -0.750. The Balaban J connectivity index is 1.29. The average molecular weight is 718 g/mol. The number of hydrogen-bond acceptors (Lipinski definition) is 12. The summed E-state index contributed by atoms with van der Waals surface area (Å²) in [4.78, 5) is 56.6. The van der Waals surface area contributed by atoms with E-state index in [1.807, 2.05) is 43.3 Å². The molecule has 0 aliphatic carbocycles. The minimum absolute atomic E-state index is 0.0551. The molecule has 0 saturated carbocycles. The normalized spacial score (nSPS) is 11.0. The van der Waals surface area contributed by atoms with E-state index >= 15 is 0 Å². The van der Waals surface area contributed by atoms with Crippen LogP contribution in [-0.4, -0.2) is 56.6 Å². The van der Waals surface area contributed by atoms with Crippen LogP contribution in [0.5, 0.6) is 5.75 Å². The van der Waals surface area contributed by atoms with Crippen LogP contribution in [-0.2, 0) is 49.5 Å². The van der Waals surface area contributed by atoms with Crippen LogP contribution in [0.2, 0.25) is 0 Å². The van der Waals surface area contributed by atoms with Gasteiger partial charge in [-0.15, -0.1) is 15.3 Å². The van der Waals surface area contributed by atoms with Crippen molar-refractivity contribution in [2.75, 3.05) is 16.9 Å². The number of hydrogen-bond donors (Lipinski definition) is 2. The number of rotatable bonds is 17. The number of hydroxylamine groups is 1. The molecular formula is C36H43N7O7S. The quantitative estimate of drug-likeness (QED) is 0.0587. The van der Waals surface area contributed by atoms with Gasteiger partial charge in [-0.1, -0.05) is 60.7 Å². The Morgan fingerprint density at radius 3 is 2.33 bits per heavy atom. The Bertz CT molecular complexity index is 1740. The zero-order chi connectivity index (χ0) is 36.6. The molecule has 0 bridgehead atoms. The number of aromatic nitrogens is 4. The van der Waals surface area contributed by atoms with E-state index in [1.54, 1.807) is 51.1 Å². The number of anilines is 2. The lowest BCUT2D eigenvalue weighted by Crippen LogP contribution is -2.35. The van der Waals surface area contributed by atoms with Gasteiger partial charge in [-0.25, -0.2) is 4.79 Å². The first-order valence-electron chi connectivity index (χ1n) is 16.7. The zero-order valence-corrected chi connectivity index (χ0v) is 30.0. The first-order valence-corrected chi connectivity index (χ1v) is 17.5. The summed E-state index contributed by atoms with van der Waals surface area (Å²) < 4.78 is 10.6. The molecule has 0 saturated heterocycles. The molecule has 0 aliphatic heterocycles. The largest absolute Gasteiger partial charge is 0.444 e. The lowest BCUT2D eigenvalue weighted by atomic mass is 10.1. The Morgan fingerprint density at radius 1 is 0.843 bits per heavy atom. The molecule has 2 N–H and O–H groups in total. The third-order valence-corrected chi connectivity index (χ3v) is 7.98. The highest BCUT2D eigenvalue weighted by atomic mass is 32.1. The molecule has 0 radical (unpaired) electrons. The number of unbranched alkanes of at least 4 members (excludes halogenated alkanes) is 1. The highest BCUT2D eigenvalue weighted by Gasteiger charge is 2.23. The third-order valence-electron chi connectivity index (χ3n) is 6.97. The molecule has 0 fully saturated rings. The molecule has 0 atom stereocenters. The smallest absolute Gasteiger partial charge is 0.441 e. The molecule has 14 nitrogen and oxygen atoms in total. The fourth-order valence-electron chi connectivity index (χ4n) is 4.60. The number of nitrogens with zero attached hydrogens (tertiary/aromatic N) is 5.